The van der Waals surface area contributed by atoms with Crippen LogP contribution < -0.4 is 5.56 Å². The zero-order chi connectivity index (χ0) is 21.7. The Bertz CT molecular complexity index is 1340. The van der Waals surface area contributed by atoms with Crippen LogP contribution in [-0.2, 0) is 0 Å². The highest BCUT2D eigenvalue weighted by Gasteiger charge is 2.24. The smallest absolute Gasteiger partial charge is 0.289 e. The van der Waals surface area contributed by atoms with Crippen molar-refractivity contribution in [2.45, 2.75) is 13.0 Å². The van der Waals surface area contributed by atoms with Gasteiger partial charge in [0.25, 0.3) is 11.5 Å². The van der Waals surface area contributed by atoms with Gasteiger partial charge in [-0.1, -0.05) is 0 Å². The Kier molecular flexibility index (Phi) is 4.56. The van der Waals surface area contributed by atoms with Gasteiger partial charge in [0.1, 0.15) is 0 Å². The first-order valence-corrected chi connectivity index (χ1v) is 8.79. The Morgan fingerprint density at radius 1 is 1.00 bits per heavy atom. The second-order valence-electron chi connectivity index (χ2n) is 6.85. The Morgan fingerprint density at radius 2 is 1.60 bits per heavy atom. The molecule has 0 radical (unpaired) electrons. The molecular weight excluding hydrogens is 404 g/mol. The molecule has 2 aromatic carbocycles. The molecular formula is C20H14F4N4O2. The molecule has 1 amide bonds. The van der Waals surface area contributed by atoms with Gasteiger partial charge in [-0.05, 0) is 30.0 Å². The lowest BCUT2D eigenvalue weighted by atomic mass is 10.0. The number of carbonyl (C=O) groups is 1. The average Bonchev–Trinajstić information content (AvgIpc) is 3.11. The third kappa shape index (κ3) is 3.10. The standard InChI is InChI=1S/C20H14F4N4O2/c1-8(11-7-25-19(29)10-4-13(22)12(21)3-9(10)11)28(2)20(30)18-26-16-5-14(23)15(24)6-17(16)27-18/h3-8H,1-2H3,(H,25,29)(H,26,27). The molecule has 2 heterocycles. The van der Waals surface area contributed by atoms with Gasteiger partial charge in [0, 0.05) is 25.4 Å². The number of aromatic nitrogens is 3. The Hall–Kier alpha value is -3.69. The first kappa shape index (κ1) is 19.6. The van der Waals surface area contributed by atoms with Gasteiger partial charge in [-0.2, -0.15) is 0 Å². The highest BCUT2D eigenvalue weighted by molar-refractivity contribution is 5.95. The monoisotopic (exact) mass is 418 g/mol. The van der Waals surface area contributed by atoms with Gasteiger partial charge < -0.3 is 14.9 Å². The fourth-order valence-electron chi connectivity index (χ4n) is 3.28. The summed E-state index contributed by atoms with van der Waals surface area (Å²) in [7, 11) is 1.44. The number of amides is 1. The maximum atomic E-state index is 13.8. The topological polar surface area (TPSA) is 81.8 Å². The van der Waals surface area contributed by atoms with E-state index in [1.54, 1.807) is 6.92 Å². The lowest BCUT2D eigenvalue weighted by molar-refractivity contribution is 0.0732. The number of fused-ring (bicyclic) bond motifs is 2. The van der Waals surface area contributed by atoms with Gasteiger partial charge in [0.15, 0.2) is 29.1 Å². The van der Waals surface area contributed by atoms with E-state index in [-0.39, 0.29) is 27.6 Å². The zero-order valence-corrected chi connectivity index (χ0v) is 15.7. The number of carbonyl (C=O) groups excluding carboxylic acids is 1. The fraction of sp³-hybridized carbons (Fsp3) is 0.150. The number of nitrogens with zero attached hydrogens (tertiary/aromatic N) is 2. The molecule has 30 heavy (non-hydrogen) atoms. The summed E-state index contributed by atoms with van der Waals surface area (Å²) in [6.07, 6.45) is 1.32. The molecule has 10 heteroatoms. The molecule has 1 unspecified atom stereocenters. The minimum atomic E-state index is -1.16. The van der Waals surface area contributed by atoms with E-state index in [0.29, 0.717) is 5.56 Å². The number of imidazole rings is 1. The van der Waals surface area contributed by atoms with Gasteiger partial charge in [-0.25, -0.2) is 22.5 Å². The number of rotatable bonds is 3. The van der Waals surface area contributed by atoms with Gasteiger partial charge in [0.2, 0.25) is 0 Å². The third-order valence-electron chi connectivity index (χ3n) is 5.05. The number of pyridine rings is 1. The summed E-state index contributed by atoms with van der Waals surface area (Å²) in [6.45, 7) is 1.62. The van der Waals surface area contributed by atoms with Crippen LogP contribution >= 0.6 is 0 Å². The van der Waals surface area contributed by atoms with E-state index in [1.807, 2.05) is 0 Å². The van der Waals surface area contributed by atoms with Gasteiger partial charge >= 0.3 is 0 Å². The normalized spacial score (nSPS) is 12.5. The molecule has 2 N–H and O–H groups in total. The minimum Gasteiger partial charge on any atom is -0.334 e. The minimum absolute atomic E-state index is 0.0613. The Balaban J connectivity index is 1.74. The second kappa shape index (κ2) is 6.97. The van der Waals surface area contributed by atoms with E-state index >= 15 is 0 Å². The molecule has 0 bridgehead atoms. The van der Waals surface area contributed by atoms with E-state index in [1.165, 1.54) is 18.1 Å². The molecule has 0 aliphatic carbocycles. The summed E-state index contributed by atoms with van der Waals surface area (Å²) in [5, 5.41) is 0.0901. The summed E-state index contributed by atoms with van der Waals surface area (Å²) < 4.78 is 54.2. The Labute approximate surface area is 166 Å². The van der Waals surface area contributed by atoms with E-state index in [4.69, 9.17) is 0 Å². The van der Waals surface area contributed by atoms with Crippen LogP contribution in [0, 0.1) is 23.3 Å². The highest BCUT2D eigenvalue weighted by Crippen LogP contribution is 2.28. The van der Waals surface area contributed by atoms with E-state index in [9.17, 15) is 27.2 Å². The largest absolute Gasteiger partial charge is 0.334 e. The summed E-state index contributed by atoms with van der Waals surface area (Å²) in [5.74, 6) is -5.23. The van der Waals surface area contributed by atoms with Crippen LogP contribution in [0.2, 0.25) is 0 Å². The molecule has 1 atom stereocenters. The first-order valence-electron chi connectivity index (χ1n) is 8.79. The van der Waals surface area contributed by atoms with E-state index < -0.39 is 40.8 Å². The summed E-state index contributed by atoms with van der Waals surface area (Å²) in [4.78, 5) is 35.2. The van der Waals surface area contributed by atoms with Crippen molar-refractivity contribution in [2.24, 2.45) is 0 Å². The first-order chi connectivity index (χ1) is 14.2. The molecule has 0 aliphatic rings. The highest BCUT2D eigenvalue weighted by atomic mass is 19.2. The molecule has 0 fully saturated rings. The van der Waals surface area contributed by atoms with Crippen molar-refractivity contribution in [1.29, 1.82) is 0 Å². The van der Waals surface area contributed by atoms with E-state index in [0.717, 1.165) is 24.3 Å². The molecule has 6 nitrogen and oxygen atoms in total. The van der Waals surface area contributed by atoms with Crippen molar-refractivity contribution < 1.29 is 22.4 Å². The van der Waals surface area contributed by atoms with Crippen LogP contribution in [0.5, 0.6) is 0 Å². The number of hydrogen-bond acceptors (Lipinski definition) is 3. The van der Waals surface area contributed by atoms with Crippen LogP contribution in [0.15, 0.2) is 35.3 Å². The lowest BCUT2D eigenvalue weighted by Gasteiger charge is -2.25. The predicted molar refractivity (Wildman–Crippen MR) is 101 cm³/mol. The molecule has 4 aromatic rings. The maximum Gasteiger partial charge on any atom is 0.289 e. The summed E-state index contributed by atoms with van der Waals surface area (Å²) in [6, 6.07) is 2.77. The number of nitrogens with one attached hydrogen (secondary N) is 2. The Morgan fingerprint density at radius 3 is 2.30 bits per heavy atom. The molecule has 4 rings (SSSR count). The number of H-pyrrole nitrogens is 2. The molecule has 0 aliphatic heterocycles. The van der Waals surface area contributed by atoms with Crippen LogP contribution in [0.1, 0.15) is 29.1 Å². The van der Waals surface area contributed by atoms with Crippen molar-refractivity contribution in [3.63, 3.8) is 0 Å². The number of benzene rings is 2. The van der Waals surface area contributed by atoms with Crippen molar-refractivity contribution in [3.8, 4) is 0 Å². The SMILES string of the molecule is CC(c1c[nH]c(=O)c2cc(F)c(F)cc12)N(C)C(=O)c1nc2cc(F)c(F)cc2[nH]1. The van der Waals surface area contributed by atoms with Crippen LogP contribution in [0.25, 0.3) is 21.8 Å². The maximum absolute atomic E-state index is 13.8. The van der Waals surface area contributed by atoms with Crippen molar-refractivity contribution in [1.82, 2.24) is 19.9 Å². The van der Waals surface area contributed by atoms with Crippen molar-refractivity contribution in [2.75, 3.05) is 7.05 Å². The summed E-state index contributed by atoms with van der Waals surface area (Å²) in [5.41, 5.74) is -0.0154. The molecule has 154 valence electrons. The van der Waals surface area contributed by atoms with E-state index in [2.05, 4.69) is 15.0 Å². The summed E-state index contributed by atoms with van der Waals surface area (Å²) >= 11 is 0. The number of halogens is 4. The molecule has 0 saturated heterocycles. The average molecular weight is 418 g/mol. The quantitative estimate of drug-likeness (QED) is 0.497. The molecule has 0 saturated carbocycles. The molecule has 0 spiro atoms. The van der Waals surface area contributed by atoms with Gasteiger partial charge in [-0.3, -0.25) is 9.59 Å². The van der Waals surface area contributed by atoms with Gasteiger partial charge in [0.05, 0.1) is 22.5 Å². The van der Waals surface area contributed by atoms with Crippen molar-refractivity contribution >= 4 is 27.7 Å². The lowest BCUT2D eigenvalue weighted by Crippen LogP contribution is -2.31. The third-order valence-corrected chi connectivity index (χ3v) is 5.05. The second-order valence-corrected chi connectivity index (χ2v) is 6.85. The zero-order valence-electron chi connectivity index (χ0n) is 15.7. The fourth-order valence-corrected chi connectivity index (χ4v) is 3.28. The number of aromatic amines is 2. The molecule has 2 aromatic heterocycles. The number of hydrogen-bond donors (Lipinski definition) is 2. The predicted octanol–water partition coefficient (Wildman–Crippen LogP) is 3.79. The van der Waals surface area contributed by atoms with Gasteiger partial charge in [-0.15, -0.1) is 0 Å². The van der Waals surface area contributed by atoms with Crippen LogP contribution in [0.3, 0.4) is 0 Å². The van der Waals surface area contributed by atoms with Crippen LogP contribution in [-0.4, -0.2) is 32.8 Å². The van der Waals surface area contributed by atoms with Crippen LogP contribution in [0.4, 0.5) is 17.6 Å². The van der Waals surface area contributed by atoms with Crippen molar-refractivity contribution in [3.05, 3.63) is 75.5 Å².